The molecule has 1 atom stereocenters. The van der Waals surface area contributed by atoms with Crippen LogP contribution < -0.4 is 10.1 Å². The fraction of sp³-hybridized carbons (Fsp3) is 0.368. The summed E-state index contributed by atoms with van der Waals surface area (Å²) in [6.07, 6.45) is 0. The van der Waals surface area contributed by atoms with E-state index in [4.69, 9.17) is 4.74 Å². The molecule has 1 N–H and O–H groups in total. The van der Waals surface area contributed by atoms with Gasteiger partial charge >= 0.3 is 0 Å². The molecule has 7 nitrogen and oxygen atoms in total. The maximum Gasteiger partial charge on any atom is 0.248 e. The number of methoxy groups -OCH3 is 1. The Morgan fingerprint density at radius 2 is 1.93 bits per heavy atom. The molecule has 1 aliphatic rings. The van der Waals surface area contributed by atoms with Gasteiger partial charge in [-0.25, -0.2) is 9.97 Å². The van der Waals surface area contributed by atoms with Crippen LogP contribution in [-0.4, -0.2) is 57.2 Å². The SMILES string of the molecule is COc1ccc(NC(=O)C2CSCN2C(=O)CSc2nc(C)cc(C)n2)cc1. The van der Waals surface area contributed by atoms with E-state index in [1.54, 1.807) is 48.0 Å². The van der Waals surface area contributed by atoms with Crippen LogP contribution in [0.15, 0.2) is 35.5 Å². The van der Waals surface area contributed by atoms with Crippen LogP contribution in [0, 0.1) is 13.8 Å². The first-order chi connectivity index (χ1) is 13.5. The van der Waals surface area contributed by atoms with Gasteiger partial charge in [0.15, 0.2) is 5.16 Å². The molecular formula is C19H22N4O3S2. The van der Waals surface area contributed by atoms with E-state index in [9.17, 15) is 9.59 Å². The van der Waals surface area contributed by atoms with Crippen molar-refractivity contribution in [2.24, 2.45) is 0 Å². The molecule has 148 valence electrons. The summed E-state index contributed by atoms with van der Waals surface area (Å²) in [6.45, 7) is 3.80. The zero-order chi connectivity index (χ0) is 20.1. The highest BCUT2D eigenvalue weighted by molar-refractivity contribution is 8.00. The second-order valence-electron chi connectivity index (χ2n) is 6.32. The number of carbonyl (C=O) groups is 2. The van der Waals surface area contributed by atoms with Crippen molar-refractivity contribution in [3.63, 3.8) is 0 Å². The number of carbonyl (C=O) groups excluding carboxylic acids is 2. The number of nitrogens with zero attached hydrogens (tertiary/aromatic N) is 3. The molecule has 1 aromatic carbocycles. The molecule has 1 unspecified atom stereocenters. The van der Waals surface area contributed by atoms with Crippen molar-refractivity contribution in [1.82, 2.24) is 14.9 Å². The molecule has 2 aromatic rings. The van der Waals surface area contributed by atoms with E-state index in [1.807, 2.05) is 19.9 Å². The Kier molecular flexibility index (Phi) is 6.79. The number of anilines is 1. The molecule has 2 heterocycles. The molecule has 1 aliphatic heterocycles. The number of hydrogen-bond acceptors (Lipinski definition) is 7. The number of aromatic nitrogens is 2. The van der Waals surface area contributed by atoms with Gasteiger partial charge in [0, 0.05) is 22.8 Å². The van der Waals surface area contributed by atoms with Gasteiger partial charge in [-0.15, -0.1) is 11.8 Å². The van der Waals surface area contributed by atoms with E-state index < -0.39 is 6.04 Å². The highest BCUT2D eigenvalue weighted by Gasteiger charge is 2.34. The Hall–Kier alpha value is -2.26. The Morgan fingerprint density at radius 3 is 2.57 bits per heavy atom. The predicted octanol–water partition coefficient (Wildman–Crippen LogP) is 2.73. The maximum atomic E-state index is 12.7. The summed E-state index contributed by atoms with van der Waals surface area (Å²) in [5, 5.41) is 3.46. The van der Waals surface area contributed by atoms with Gasteiger partial charge in [-0.3, -0.25) is 9.59 Å². The molecule has 0 radical (unpaired) electrons. The molecule has 9 heteroatoms. The van der Waals surface area contributed by atoms with Crippen molar-refractivity contribution in [2.45, 2.75) is 25.0 Å². The smallest absolute Gasteiger partial charge is 0.248 e. The highest BCUT2D eigenvalue weighted by atomic mass is 32.2. The van der Waals surface area contributed by atoms with Crippen LogP contribution in [-0.2, 0) is 9.59 Å². The Balaban J connectivity index is 1.59. The average Bonchev–Trinajstić information content (AvgIpc) is 3.16. The minimum absolute atomic E-state index is 0.0901. The number of hydrogen-bond donors (Lipinski definition) is 1. The fourth-order valence-electron chi connectivity index (χ4n) is 2.77. The normalized spacial score (nSPS) is 16.1. The highest BCUT2D eigenvalue weighted by Crippen LogP contribution is 2.25. The number of amides is 2. The van der Waals surface area contributed by atoms with Crippen LogP contribution in [0.3, 0.4) is 0 Å². The van der Waals surface area contributed by atoms with Crippen LogP contribution in [0.1, 0.15) is 11.4 Å². The molecule has 3 rings (SSSR count). The van der Waals surface area contributed by atoms with Gasteiger partial charge in [0.1, 0.15) is 11.8 Å². The summed E-state index contributed by atoms with van der Waals surface area (Å²) in [5.74, 6) is 1.74. The lowest BCUT2D eigenvalue weighted by Gasteiger charge is -2.23. The van der Waals surface area contributed by atoms with Crippen LogP contribution in [0.25, 0.3) is 0 Å². The van der Waals surface area contributed by atoms with E-state index >= 15 is 0 Å². The van der Waals surface area contributed by atoms with Crippen molar-refractivity contribution in [1.29, 1.82) is 0 Å². The van der Waals surface area contributed by atoms with E-state index in [2.05, 4.69) is 15.3 Å². The number of aryl methyl sites for hydroxylation is 2. The predicted molar refractivity (Wildman–Crippen MR) is 112 cm³/mol. The molecule has 2 amide bonds. The quantitative estimate of drug-likeness (QED) is 0.570. The second-order valence-corrected chi connectivity index (χ2v) is 8.26. The number of rotatable bonds is 6. The average molecular weight is 419 g/mol. The number of ether oxygens (including phenoxy) is 1. The molecular weight excluding hydrogens is 396 g/mol. The van der Waals surface area contributed by atoms with E-state index in [1.165, 1.54) is 11.8 Å². The van der Waals surface area contributed by atoms with E-state index in [0.29, 0.717) is 22.5 Å². The molecule has 1 saturated heterocycles. The van der Waals surface area contributed by atoms with Crippen LogP contribution in [0.4, 0.5) is 5.69 Å². The van der Waals surface area contributed by atoms with Crippen LogP contribution in [0.5, 0.6) is 5.75 Å². The van der Waals surface area contributed by atoms with Crippen molar-refractivity contribution >= 4 is 41.0 Å². The lowest BCUT2D eigenvalue weighted by molar-refractivity contribution is -0.134. The van der Waals surface area contributed by atoms with Crippen molar-refractivity contribution in [3.8, 4) is 5.75 Å². The van der Waals surface area contributed by atoms with Gasteiger partial charge in [0.2, 0.25) is 11.8 Å². The minimum atomic E-state index is -0.486. The summed E-state index contributed by atoms with van der Waals surface area (Å²) in [7, 11) is 1.59. The fourth-order valence-corrected chi connectivity index (χ4v) is 4.79. The topological polar surface area (TPSA) is 84.4 Å². The molecule has 0 saturated carbocycles. The Bertz CT molecular complexity index is 841. The Morgan fingerprint density at radius 1 is 1.25 bits per heavy atom. The molecule has 0 spiro atoms. The summed E-state index contributed by atoms with van der Waals surface area (Å²) in [5.41, 5.74) is 2.42. The van der Waals surface area contributed by atoms with Crippen molar-refractivity contribution in [2.75, 3.05) is 29.8 Å². The third kappa shape index (κ3) is 5.17. The molecule has 1 fully saturated rings. The monoisotopic (exact) mass is 418 g/mol. The molecule has 0 bridgehead atoms. The van der Waals surface area contributed by atoms with Gasteiger partial charge in [0.05, 0.1) is 18.7 Å². The molecule has 0 aliphatic carbocycles. The lowest BCUT2D eigenvalue weighted by Crippen LogP contribution is -2.45. The van der Waals surface area contributed by atoms with E-state index in [-0.39, 0.29) is 17.6 Å². The number of thioether (sulfide) groups is 2. The first-order valence-electron chi connectivity index (χ1n) is 8.73. The van der Waals surface area contributed by atoms with Crippen molar-refractivity contribution in [3.05, 3.63) is 41.7 Å². The third-order valence-corrected chi connectivity index (χ3v) is 5.99. The number of nitrogens with one attached hydrogen (secondary N) is 1. The molecule has 1 aromatic heterocycles. The summed E-state index contributed by atoms with van der Waals surface area (Å²) in [4.78, 5) is 35.7. The maximum absolute atomic E-state index is 12.7. The van der Waals surface area contributed by atoms with E-state index in [0.717, 1.165) is 17.1 Å². The number of benzene rings is 1. The van der Waals surface area contributed by atoms with Gasteiger partial charge in [-0.2, -0.15) is 0 Å². The van der Waals surface area contributed by atoms with Crippen molar-refractivity contribution < 1.29 is 14.3 Å². The van der Waals surface area contributed by atoms with Crippen LogP contribution in [0.2, 0.25) is 0 Å². The summed E-state index contributed by atoms with van der Waals surface area (Å²) < 4.78 is 5.12. The zero-order valence-electron chi connectivity index (χ0n) is 16.0. The minimum Gasteiger partial charge on any atom is -0.497 e. The first kappa shape index (κ1) is 20.5. The summed E-state index contributed by atoms with van der Waals surface area (Å²) in [6, 6.07) is 8.52. The standard InChI is InChI=1S/C19H22N4O3S2/c1-12-8-13(2)21-19(20-12)28-10-17(24)23-11-27-9-16(23)18(25)22-14-4-6-15(26-3)7-5-14/h4-8,16H,9-11H2,1-3H3,(H,22,25). The van der Waals surface area contributed by atoms with Gasteiger partial charge in [-0.1, -0.05) is 11.8 Å². The van der Waals surface area contributed by atoms with Crippen LogP contribution >= 0.6 is 23.5 Å². The molecule has 28 heavy (non-hydrogen) atoms. The zero-order valence-corrected chi connectivity index (χ0v) is 17.6. The summed E-state index contributed by atoms with van der Waals surface area (Å²) >= 11 is 2.87. The van der Waals surface area contributed by atoms with Gasteiger partial charge in [0.25, 0.3) is 0 Å². The third-order valence-electron chi connectivity index (χ3n) is 4.15. The first-order valence-corrected chi connectivity index (χ1v) is 10.9. The van der Waals surface area contributed by atoms with Gasteiger partial charge < -0.3 is 15.0 Å². The van der Waals surface area contributed by atoms with Gasteiger partial charge in [-0.05, 0) is 44.2 Å². The lowest BCUT2D eigenvalue weighted by atomic mass is 10.2. The second kappa shape index (κ2) is 9.29. The Labute approximate surface area is 172 Å². The largest absolute Gasteiger partial charge is 0.497 e.